The maximum atomic E-state index is 14.1. The average molecular weight is 619 g/mol. The molecule has 0 saturated heterocycles. The first kappa shape index (κ1) is 32.4. The van der Waals surface area contributed by atoms with Crippen LogP contribution in [0.1, 0.15) is 43.9 Å². The lowest BCUT2D eigenvalue weighted by Gasteiger charge is -2.33. The third-order valence-corrected chi connectivity index (χ3v) is 9.21. The van der Waals surface area contributed by atoms with E-state index in [1.165, 1.54) is 23.1 Å². The lowest BCUT2D eigenvalue weighted by atomic mass is 10.1. The van der Waals surface area contributed by atoms with Crippen LogP contribution in [0.5, 0.6) is 0 Å². The molecule has 3 aromatic rings. The number of hydrogen-bond acceptors (Lipinski definition) is 4. The van der Waals surface area contributed by atoms with Crippen molar-refractivity contribution in [1.29, 1.82) is 0 Å². The molecule has 0 aliphatic rings. The van der Waals surface area contributed by atoms with Gasteiger partial charge in [0, 0.05) is 13.1 Å². The molecular formula is C31H37Cl2N3O4S. The van der Waals surface area contributed by atoms with E-state index in [1.807, 2.05) is 58.9 Å². The van der Waals surface area contributed by atoms with Crippen molar-refractivity contribution in [3.63, 3.8) is 0 Å². The van der Waals surface area contributed by atoms with Gasteiger partial charge in [-0.15, -0.1) is 0 Å². The number of rotatable bonds is 12. The third-order valence-electron chi connectivity index (χ3n) is 6.63. The normalized spacial score (nSPS) is 12.2. The van der Waals surface area contributed by atoms with Gasteiger partial charge in [0.15, 0.2) is 0 Å². The molecule has 41 heavy (non-hydrogen) atoms. The molecule has 0 heterocycles. The Labute approximate surface area is 253 Å². The smallest absolute Gasteiger partial charge is 0.264 e. The Morgan fingerprint density at radius 3 is 2.05 bits per heavy atom. The van der Waals surface area contributed by atoms with E-state index in [1.54, 1.807) is 24.3 Å². The first-order valence-corrected chi connectivity index (χ1v) is 15.7. The molecule has 0 unspecified atom stereocenters. The molecule has 10 heteroatoms. The van der Waals surface area contributed by atoms with Gasteiger partial charge in [0.2, 0.25) is 11.8 Å². The topological polar surface area (TPSA) is 86.8 Å². The van der Waals surface area contributed by atoms with Gasteiger partial charge in [0.05, 0.1) is 20.6 Å². The first-order valence-electron chi connectivity index (χ1n) is 13.5. The number of benzene rings is 3. The van der Waals surface area contributed by atoms with Crippen molar-refractivity contribution in [1.82, 2.24) is 10.2 Å². The van der Waals surface area contributed by atoms with Gasteiger partial charge in [0.1, 0.15) is 12.6 Å². The Balaban J connectivity index is 2.08. The number of aryl methyl sites for hydroxylation is 2. The summed E-state index contributed by atoms with van der Waals surface area (Å²) in [6.45, 7) is 9.59. The lowest BCUT2D eigenvalue weighted by molar-refractivity contribution is -0.140. The standard InChI is InChI=1S/C31H37Cl2N3O4S/c1-6-27(31(38)34-18-21(2)3)35(19-24-14-10-22(4)11-15-24)29(37)20-36(28-9-7-8-26(32)30(28)33)41(39,40)25-16-12-23(5)13-17-25/h7-17,21,27H,6,18-20H2,1-5H3,(H,34,38)/t27-/m1/s1. The highest BCUT2D eigenvalue weighted by molar-refractivity contribution is 7.92. The summed E-state index contributed by atoms with van der Waals surface area (Å²) in [4.78, 5) is 28.9. The van der Waals surface area contributed by atoms with Crippen molar-refractivity contribution in [3.05, 3.63) is 93.5 Å². The van der Waals surface area contributed by atoms with Crippen molar-refractivity contribution in [2.24, 2.45) is 5.92 Å². The van der Waals surface area contributed by atoms with Crippen LogP contribution in [0.15, 0.2) is 71.6 Å². The molecule has 0 aliphatic carbocycles. The van der Waals surface area contributed by atoms with Crippen LogP contribution in [-0.4, -0.2) is 44.3 Å². The Morgan fingerprint density at radius 1 is 0.902 bits per heavy atom. The number of hydrogen-bond donors (Lipinski definition) is 1. The van der Waals surface area contributed by atoms with E-state index >= 15 is 0 Å². The van der Waals surface area contributed by atoms with Crippen LogP contribution >= 0.6 is 23.2 Å². The van der Waals surface area contributed by atoms with Gasteiger partial charge in [-0.1, -0.05) is 97.6 Å². The summed E-state index contributed by atoms with van der Waals surface area (Å²) >= 11 is 12.8. The fraction of sp³-hybridized carbons (Fsp3) is 0.355. The molecular weight excluding hydrogens is 581 g/mol. The molecule has 1 N–H and O–H groups in total. The number of halogens is 2. The van der Waals surface area contributed by atoms with Crippen LogP contribution in [0, 0.1) is 19.8 Å². The van der Waals surface area contributed by atoms with E-state index in [9.17, 15) is 18.0 Å². The molecule has 1 atom stereocenters. The molecule has 0 bridgehead atoms. The predicted octanol–water partition coefficient (Wildman–Crippen LogP) is 6.39. The number of amides is 2. The summed E-state index contributed by atoms with van der Waals surface area (Å²) in [6, 6.07) is 17.8. The second-order valence-corrected chi connectivity index (χ2v) is 13.1. The van der Waals surface area contributed by atoms with E-state index in [2.05, 4.69) is 5.32 Å². The quantitative estimate of drug-likeness (QED) is 0.255. The summed E-state index contributed by atoms with van der Waals surface area (Å²) in [6.07, 6.45) is 0.337. The molecule has 0 aliphatic heterocycles. The highest BCUT2D eigenvalue weighted by atomic mass is 35.5. The zero-order valence-corrected chi connectivity index (χ0v) is 26.4. The molecule has 3 aromatic carbocycles. The molecule has 0 spiro atoms. The van der Waals surface area contributed by atoms with Crippen LogP contribution in [-0.2, 0) is 26.2 Å². The Bertz CT molecular complexity index is 1460. The second-order valence-electron chi connectivity index (χ2n) is 10.5. The number of nitrogens with zero attached hydrogens (tertiary/aromatic N) is 2. The number of carbonyl (C=O) groups is 2. The molecule has 0 fully saturated rings. The fourth-order valence-corrected chi connectivity index (χ4v) is 6.14. The largest absolute Gasteiger partial charge is 0.354 e. The Kier molecular flexibility index (Phi) is 11.2. The lowest BCUT2D eigenvalue weighted by Crippen LogP contribution is -2.52. The molecule has 3 rings (SSSR count). The van der Waals surface area contributed by atoms with Crippen LogP contribution in [0.4, 0.5) is 5.69 Å². The highest BCUT2D eigenvalue weighted by Gasteiger charge is 2.34. The molecule has 0 radical (unpaired) electrons. The van der Waals surface area contributed by atoms with Crippen LogP contribution in [0.25, 0.3) is 0 Å². The van der Waals surface area contributed by atoms with Crippen molar-refractivity contribution >= 4 is 50.7 Å². The minimum Gasteiger partial charge on any atom is -0.354 e. The Morgan fingerprint density at radius 2 is 1.49 bits per heavy atom. The number of sulfonamides is 1. The van der Waals surface area contributed by atoms with Gasteiger partial charge in [-0.3, -0.25) is 13.9 Å². The summed E-state index contributed by atoms with van der Waals surface area (Å²) in [5.41, 5.74) is 2.82. The van der Waals surface area contributed by atoms with Gasteiger partial charge < -0.3 is 10.2 Å². The average Bonchev–Trinajstić information content (AvgIpc) is 2.93. The minimum atomic E-state index is -4.25. The van der Waals surface area contributed by atoms with Gasteiger partial charge in [-0.25, -0.2) is 8.42 Å². The molecule has 0 aromatic heterocycles. The summed E-state index contributed by atoms with van der Waals surface area (Å²) in [7, 11) is -4.25. The third kappa shape index (κ3) is 8.24. The summed E-state index contributed by atoms with van der Waals surface area (Å²) < 4.78 is 28.9. The highest BCUT2D eigenvalue weighted by Crippen LogP contribution is 2.35. The number of carbonyl (C=O) groups excluding carboxylic acids is 2. The van der Waals surface area contributed by atoms with Gasteiger partial charge in [0.25, 0.3) is 10.0 Å². The maximum Gasteiger partial charge on any atom is 0.264 e. The van der Waals surface area contributed by atoms with Gasteiger partial charge in [-0.05, 0) is 56.0 Å². The minimum absolute atomic E-state index is 0.00116. The first-order chi connectivity index (χ1) is 19.3. The van der Waals surface area contributed by atoms with E-state index in [4.69, 9.17) is 23.2 Å². The van der Waals surface area contributed by atoms with E-state index in [0.717, 1.165) is 21.0 Å². The zero-order chi connectivity index (χ0) is 30.3. The zero-order valence-electron chi connectivity index (χ0n) is 24.0. The SMILES string of the molecule is CC[C@H](C(=O)NCC(C)C)N(Cc1ccc(C)cc1)C(=O)CN(c1cccc(Cl)c1Cl)S(=O)(=O)c1ccc(C)cc1. The summed E-state index contributed by atoms with van der Waals surface area (Å²) in [5.74, 6) is -0.628. The van der Waals surface area contributed by atoms with Gasteiger partial charge in [-0.2, -0.15) is 0 Å². The van der Waals surface area contributed by atoms with E-state index in [-0.39, 0.29) is 39.0 Å². The predicted molar refractivity (Wildman–Crippen MR) is 166 cm³/mol. The maximum absolute atomic E-state index is 14.1. The molecule has 7 nitrogen and oxygen atoms in total. The van der Waals surface area contributed by atoms with Crippen molar-refractivity contribution in [3.8, 4) is 0 Å². The van der Waals surface area contributed by atoms with Crippen LogP contribution in [0.2, 0.25) is 10.0 Å². The van der Waals surface area contributed by atoms with Crippen LogP contribution in [0.3, 0.4) is 0 Å². The molecule has 0 saturated carbocycles. The van der Waals surface area contributed by atoms with Crippen molar-refractivity contribution in [2.45, 2.75) is 58.5 Å². The van der Waals surface area contributed by atoms with Crippen molar-refractivity contribution < 1.29 is 18.0 Å². The monoisotopic (exact) mass is 617 g/mol. The number of nitrogens with one attached hydrogen (secondary N) is 1. The second kappa shape index (κ2) is 14.2. The Hall–Kier alpha value is -3.07. The van der Waals surface area contributed by atoms with E-state index in [0.29, 0.717) is 13.0 Å². The fourth-order valence-electron chi connectivity index (χ4n) is 4.27. The van der Waals surface area contributed by atoms with E-state index < -0.39 is 28.5 Å². The van der Waals surface area contributed by atoms with Crippen molar-refractivity contribution in [2.75, 3.05) is 17.4 Å². The van der Waals surface area contributed by atoms with Gasteiger partial charge >= 0.3 is 0 Å². The molecule has 2 amide bonds. The summed E-state index contributed by atoms with van der Waals surface area (Å²) in [5, 5.41) is 3.08. The molecule has 220 valence electrons. The number of anilines is 1. The van der Waals surface area contributed by atoms with Crippen LogP contribution < -0.4 is 9.62 Å².